The van der Waals surface area contributed by atoms with Gasteiger partial charge in [-0.3, -0.25) is 4.98 Å². The summed E-state index contributed by atoms with van der Waals surface area (Å²) in [5.74, 6) is 0.924. The number of pyridine rings is 1. The summed E-state index contributed by atoms with van der Waals surface area (Å²) in [7, 11) is 0. The number of para-hydroxylation sites is 1. The van der Waals surface area contributed by atoms with Gasteiger partial charge < -0.3 is 10.1 Å². The van der Waals surface area contributed by atoms with Gasteiger partial charge in [-0.15, -0.1) is 0 Å². The molecule has 1 heterocycles. The molecule has 112 valence electrons. The SMILES string of the molecule is CCNC(c1ccccc1OCC)c1ncc(C)cc1C. The molecule has 0 aliphatic carbocycles. The molecule has 0 aliphatic heterocycles. The number of hydrogen-bond acceptors (Lipinski definition) is 3. The monoisotopic (exact) mass is 284 g/mol. The Morgan fingerprint density at radius 3 is 2.62 bits per heavy atom. The number of nitrogens with one attached hydrogen (secondary N) is 1. The Labute approximate surface area is 127 Å². The quantitative estimate of drug-likeness (QED) is 0.876. The number of aryl methyl sites for hydroxylation is 2. The van der Waals surface area contributed by atoms with Crippen molar-refractivity contribution in [2.75, 3.05) is 13.2 Å². The van der Waals surface area contributed by atoms with E-state index in [1.165, 1.54) is 11.1 Å². The van der Waals surface area contributed by atoms with Crippen LogP contribution in [0.3, 0.4) is 0 Å². The fraction of sp³-hybridized carbons (Fsp3) is 0.389. The maximum atomic E-state index is 5.78. The number of aromatic nitrogens is 1. The van der Waals surface area contributed by atoms with Crippen molar-refractivity contribution in [3.05, 3.63) is 58.9 Å². The highest BCUT2D eigenvalue weighted by atomic mass is 16.5. The molecule has 1 aromatic heterocycles. The van der Waals surface area contributed by atoms with Gasteiger partial charge >= 0.3 is 0 Å². The zero-order valence-electron chi connectivity index (χ0n) is 13.3. The maximum absolute atomic E-state index is 5.78. The summed E-state index contributed by atoms with van der Waals surface area (Å²) in [6, 6.07) is 10.4. The smallest absolute Gasteiger partial charge is 0.124 e. The molecule has 0 fully saturated rings. The third kappa shape index (κ3) is 3.61. The van der Waals surface area contributed by atoms with Crippen molar-refractivity contribution in [1.29, 1.82) is 0 Å². The van der Waals surface area contributed by atoms with Crippen molar-refractivity contribution >= 4 is 0 Å². The molecule has 0 saturated heterocycles. The minimum atomic E-state index is 0.0540. The highest BCUT2D eigenvalue weighted by Crippen LogP contribution is 2.30. The summed E-state index contributed by atoms with van der Waals surface area (Å²) in [5.41, 5.74) is 4.59. The lowest BCUT2D eigenvalue weighted by Gasteiger charge is -2.22. The Morgan fingerprint density at radius 2 is 1.95 bits per heavy atom. The van der Waals surface area contributed by atoms with Gasteiger partial charge in [-0.1, -0.05) is 31.2 Å². The Hall–Kier alpha value is -1.87. The number of benzene rings is 1. The Balaban J connectivity index is 2.48. The maximum Gasteiger partial charge on any atom is 0.124 e. The molecule has 2 rings (SSSR count). The second-order valence-corrected chi connectivity index (χ2v) is 5.18. The van der Waals surface area contributed by atoms with Gasteiger partial charge in [0.2, 0.25) is 0 Å². The van der Waals surface area contributed by atoms with Gasteiger partial charge in [0.05, 0.1) is 18.3 Å². The van der Waals surface area contributed by atoms with E-state index in [1.807, 2.05) is 31.3 Å². The summed E-state index contributed by atoms with van der Waals surface area (Å²) in [5, 5.41) is 3.53. The van der Waals surface area contributed by atoms with Crippen LogP contribution in [0.2, 0.25) is 0 Å². The lowest BCUT2D eigenvalue weighted by molar-refractivity contribution is 0.333. The van der Waals surface area contributed by atoms with Gasteiger partial charge in [-0.2, -0.15) is 0 Å². The lowest BCUT2D eigenvalue weighted by atomic mass is 9.98. The van der Waals surface area contributed by atoms with Crippen molar-refractivity contribution in [3.63, 3.8) is 0 Å². The van der Waals surface area contributed by atoms with Crippen molar-refractivity contribution in [1.82, 2.24) is 10.3 Å². The van der Waals surface area contributed by atoms with Gasteiger partial charge in [0, 0.05) is 11.8 Å². The van der Waals surface area contributed by atoms with E-state index < -0.39 is 0 Å². The average Bonchev–Trinajstić information content (AvgIpc) is 2.47. The van der Waals surface area contributed by atoms with Crippen LogP contribution in [0.25, 0.3) is 0 Å². The van der Waals surface area contributed by atoms with Gasteiger partial charge in [0.15, 0.2) is 0 Å². The zero-order valence-corrected chi connectivity index (χ0v) is 13.3. The van der Waals surface area contributed by atoms with Gasteiger partial charge in [0.1, 0.15) is 5.75 Å². The number of ether oxygens (including phenoxy) is 1. The molecule has 3 nitrogen and oxygen atoms in total. The van der Waals surface area contributed by atoms with Crippen molar-refractivity contribution in [3.8, 4) is 5.75 Å². The van der Waals surface area contributed by atoms with Crippen LogP contribution < -0.4 is 10.1 Å². The highest BCUT2D eigenvalue weighted by molar-refractivity contribution is 5.42. The first-order chi connectivity index (χ1) is 10.2. The zero-order chi connectivity index (χ0) is 15.2. The van der Waals surface area contributed by atoms with Crippen LogP contribution in [0.4, 0.5) is 0 Å². The van der Waals surface area contributed by atoms with Crippen molar-refractivity contribution in [2.45, 2.75) is 33.7 Å². The molecule has 0 aliphatic rings. The van der Waals surface area contributed by atoms with Crippen molar-refractivity contribution < 1.29 is 4.74 Å². The summed E-state index contributed by atoms with van der Waals surface area (Å²) >= 11 is 0. The van der Waals surface area contributed by atoms with E-state index in [1.54, 1.807) is 0 Å². The molecule has 0 bridgehead atoms. The summed E-state index contributed by atoms with van der Waals surface area (Å²) in [4.78, 5) is 4.66. The van der Waals surface area contributed by atoms with E-state index in [2.05, 4.69) is 43.2 Å². The number of nitrogens with zero attached hydrogens (tertiary/aromatic N) is 1. The summed E-state index contributed by atoms with van der Waals surface area (Å²) in [6.07, 6.45) is 1.93. The standard InChI is InChI=1S/C18H24N2O/c1-5-19-18(17-14(4)11-13(3)12-20-17)15-9-7-8-10-16(15)21-6-2/h7-12,18-19H,5-6H2,1-4H3. The topological polar surface area (TPSA) is 34.1 Å². The fourth-order valence-electron chi connectivity index (χ4n) is 2.59. The minimum Gasteiger partial charge on any atom is -0.494 e. The Kier molecular flexibility index (Phi) is 5.34. The molecular formula is C18H24N2O. The second-order valence-electron chi connectivity index (χ2n) is 5.18. The molecule has 0 saturated carbocycles. The summed E-state index contributed by atoms with van der Waals surface area (Å²) < 4.78 is 5.78. The van der Waals surface area contributed by atoms with Gasteiger partial charge in [-0.05, 0) is 44.5 Å². The molecule has 1 aromatic carbocycles. The third-order valence-electron chi connectivity index (χ3n) is 3.47. The lowest BCUT2D eigenvalue weighted by Crippen LogP contribution is -2.24. The molecule has 1 unspecified atom stereocenters. The highest BCUT2D eigenvalue weighted by Gasteiger charge is 2.20. The van der Waals surface area contributed by atoms with E-state index in [9.17, 15) is 0 Å². The fourth-order valence-corrected chi connectivity index (χ4v) is 2.59. The van der Waals surface area contributed by atoms with Gasteiger partial charge in [-0.25, -0.2) is 0 Å². The van der Waals surface area contributed by atoms with E-state index in [0.717, 1.165) is 23.6 Å². The predicted molar refractivity (Wildman–Crippen MR) is 86.8 cm³/mol. The molecule has 21 heavy (non-hydrogen) atoms. The van der Waals surface area contributed by atoms with E-state index in [4.69, 9.17) is 4.74 Å². The first-order valence-electron chi connectivity index (χ1n) is 7.55. The minimum absolute atomic E-state index is 0.0540. The molecule has 3 heteroatoms. The normalized spacial score (nSPS) is 12.2. The Morgan fingerprint density at radius 1 is 1.19 bits per heavy atom. The molecular weight excluding hydrogens is 260 g/mol. The molecule has 0 radical (unpaired) electrons. The first-order valence-corrected chi connectivity index (χ1v) is 7.55. The largest absolute Gasteiger partial charge is 0.494 e. The van der Waals surface area contributed by atoms with Crippen LogP contribution in [-0.2, 0) is 0 Å². The van der Waals surface area contributed by atoms with Crippen LogP contribution in [0.1, 0.15) is 42.3 Å². The number of rotatable bonds is 6. The first kappa shape index (κ1) is 15.5. The van der Waals surface area contributed by atoms with Gasteiger partial charge in [0.25, 0.3) is 0 Å². The molecule has 0 amide bonds. The summed E-state index contributed by atoms with van der Waals surface area (Å²) in [6.45, 7) is 9.84. The number of hydrogen-bond donors (Lipinski definition) is 1. The molecule has 2 aromatic rings. The van der Waals surface area contributed by atoms with Crippen LogP contribution in [0, 0.1) is 13.8 Å². The van der Waals surface area contributed by atoms with Crippen LogP contribution in [0.15, 0.2) is 36.5 Å². The molecule has 1 atom stereocenters. The van der Waals surface area contributed by atoms with Crippen molar-refractivity contribution in [2.24, 2.45) is 0 Å². The molecule has 1 N–H and O–H groups in total. The third-order valence-corrected chi connectivity index (χ3v) is 3.47. The Bertz CT molecular complexity index is 596. The average molecular weight is 284 g/mol. The van der Waals surface area contributed by atoms with Crippen LogP contribution in [0.5, 0.6) is 5.75 Å². The van der Waals surface area contributed by atoms with Crippen LogP contribution >= 0.6 is 0 Å². The van der Waals surface area contributed by atoms with E-state index >= 15 is 0 Å². The molecule has 0 spiro atoms. The predicted octanol–water partition coefficient (Wildman–Crippen LogP) is 3.80. The van der Waals surface area contributed by atoms with E-state index in [0.29, 0.717) is 6.61 Å². The van der Waals surface area contributed by atoms with Crippen LogP contribution in [-0.4, -0.2) is 18.1 Å². The second kappa shape index (κ2) is 7.23. The van der Waals surface area contributed by atoms with E-state index in [-0.39, 0.29) is 6.04 Å².